The molecule has 1 N–H and O–H groups in total. The summed E-state index contributed by atoms with van der Waals surface area (Å²) in [5.74, 6) is 0. The van der Waals surface area contributed by atoms with Crippen molar-refractivity contribution >= 4 is 6.09 Å². The molecule has 1 aromatic rings. The molecule has 0 aromatic heterocycles. The van der Waals surface area contributed by atoms with Gasteiger partial charge in [-0.2, -0.15) is 0 Å². The molecule has 1 aliphatic rings. The van der Waals surface area contributed by atoms with Crippen LogP contribution in [-0.2, 0) is 11.2 Å². The maximum absolute atomic E-state index is 12.0. The van der Waals surface area contributed by atoms with Crippen LogP contribution in [0.15, 0.2) is 30.3 Å². The average molecular weight is 262 g/mol. The molecule has 2 unspecified atom stereocenters. The maximum atomic E-state index is 12.0. The summed E-state index contributed by atoms with van der Waals surface area (Å²) in [5.41, 5.74) is 1.25. The van der Waals surface area contributed by atoms with Crippen molar-refractivity contribution in [2.45, 2.75) is 32.4 Å². The first kappa shape index (κ1) is 13.9. The quantitative estimate of drug-likeness (QED) is 0.906. The van der Waals surface area contributed by atoms with E-state index >= 15 is 0 Å². The summed E-state index contributed by atoms with van der Waals surface area (Å²) in [7, 11) is 0. The van der Waals surface area contributed by atoms with Crippen molar-refractivity contribution in [3.05, 3.63) is 35.9 Å². The van der Waals surface area contributed by atoms with Gasteiger partial charge in [0.15, 0.2) is 0 Å². The number of benzene rings is 1. The topological polar surface area (TPSA) is 41.6 Å². The van der Waals surface area contributed by atoms with Gasteiger partial charge >= 0.3 is 6.09 Å². The van der Waals surface area contributed by atoms with Crippen LogP contribution in [0, 0.1) is 0 Å². The average Bonchev–Trinajstić information content (AvgIpc) is 2.42. The molecule has 1 aromatic carbocycles. The molecule has 2 atom stereocenters. The fraction of sp³-hybridized carbons (Fsp3) is 0.533. The van der Waals surface area contributed by atoms with Crippen LogP contribution >= 0.6 is 0 Å². The highest BCUT2D eigenvalue weighted by atomic mass is 16.6. The van der Waals surface area contributed by atoms with E-state index in [4.69, 9.17) is 4.74 Å². The Kier molecular flexibility index (Phi) is 4.80. The number of piperazine rings is 1. The lowest BCUT2D eigenvalue weighted by Gasteiger charge is -2.38. The normalized spacial score (nSPS) is 23.2. The van der Waals surface area contributed by atoms with Crippen LogP contribution in [0.2, 0.25) is 0 Å². The lowest BCUT2D eigenvalue weighted by atomic mass is 10.0. The lowest BCUT2D eigenvalue weighted by molar-refractivity contribution is 0.0729. The molecule has 1 fully saturated rings. The Balaban J connectivity index is 2.05. The number of carbonyl (C=O) groups is 1. The smallest absolute Gasteiger partial charge is 0.410 e. The summed E-state index contributed by atoms with van der Waals surface area (Å²) >= 11 is 0. The van der Waals surface area contributed by atoms with E-state index in [1.54, 1.807) is 0 Å². The second kappa shape index (κ2) is 6.57. The Hall–Kier alpha value is -1.55. The van der Waals surface area contributed by atoms with E-state index in [0.717, 1.165) is 13.0 Å². The number of hydrogen-bond acceptors (Lipinski definition) is 3. The summed E-state index contributed by atoms with van der Waals surface area (Å²) in [4.78, 5) is 13.9. The highest BCUT2D eigenvalue weighted by molar-refractivity contribution is 5.68. The molecule has 1 aliphatic heterocycles. The minimum Gasteiger partial charge on any atom is -0.450 e. The number of hydrogen-bond donors (Lipinski definition) is 1. The van der Waals surface area contributed by atoms with Crippen LogP contribution in [-0.4, -0.2) is 42.8 Å². The van der Waals surface area contributed by atoms with E-state index in [1.165, 1.54) is 5.56 Å². The fourth-order valence-electron chi connectivity index (χ4n) is 2.45. The molecular formula is C15H22N2O2. The van der Waals surface area contributed by atoms with Gasteiger partial charge in [0.1, 0.15) is 0 Å². The third kappa shape index (κ3) is 3.70. The predicted molar refractivity (Wildman–Crippen MR) is 75.1 cm³/mol. The van der Waals surface area contributed by atoms with Crippen LogP contribution in [0.1, 0.15) is 19.4 Å². The molecule has 4 nitrogen and oxygen atoms in total. The van der Waals surface area contributed by atoms with Crippen molar-refractivity contribution in [2.75, 3.05) is 19.7 Å². The van der Waals surface area contributed by atoms with Gasteiger partial charge in [-0.25, -0.2) is 4.79 Å². The molecule has 1 saturated heterocycles. The Morgan fingerprint density at radius 3 is 2.84 bits per heavy atom. The van der Waals surface area contributed by atoms with Crippen molar-refractivity contribution in [3.63, 3.8) is 0 Å². The van der Waals surface area contributed by atoms with Gasteiger partial charge in [-0.05, 0) is 25.8 Å². The van der Waals surface area contributed by atoms with E-state index in [0.29, 0.717) is 19.2 Å². The van der Waals surface area contributed by atoms with Gasteiger partial charge in [0.2, 0.25) is 0 Å². The van der Waals surface area contributed by atoms with Gasteiger partial charge in [0.05, 0.1) is 12.6 Å². The monoisotopic (exact) mass is 262 g/mol. The minimum atomic E-state index is -0.197. The van der Waals surface area contributed by atoms with Crippen LogP contribution in [0.25, 0.3) is 0 Å². The largest absolute Gasteiger partial charge is 0.450 e. The molecule has 1 amide bonds. The fourth-order valence-corrected chi connectivity index (χ4v) is 2.45. The molecule has 0 bridgehead atoms. The van der Waals surface area contributed by atoms with E-state index in [1.807, 2.05) is 30.0 Å². The van der Waals surface area contributed by atoms with Crippen molar-refractivity contribution in [2.24, 2.45) is 0 Å². The first-order chi connectivity index (χ1) is 9.20. The van der Waals surface area contributed by atoms with Crippen molar-refractivity contribution in [1.82, 2.24) is 10.2 Å². The van der Waals surface area contributed by atoms with Gasteiger partial charge in [-0.3, -0.25) is 0 Å². The summed E-state index contributed by atoms with van der Waals surface area (Å²) in [6, 6.07) is 10.7. The zero-order chi connectivity index (χ0) is 13.7. The zero-order valence-corrected chi connectivity index (χ0v) is 11.6. The van der Waals surface area contributed by atoms with E-state index in [9.17, 15) is 4.79 Å². The summed E-state index contributed by atoms with van der Waals surface area (Å²) in [6.45, 7) is 5.88. The van der Waals surface area contributed by atoms with Crippen molar-refractivity contribution < 1.29 is 9.53 Å². The molecule has 0 saturated carbocycles. The standard InChI is InChI=1S/C15H22N2O2/c1-3-19-15(18)17-11-12(2)16-10-14(17)9-13-7-5-4-6-8-13/h4-8,12,14,16H,3,9-11H2,1-2H3. The summed E-state index contributed by atoms with van der Waals surface area (Å²) in [5, 5.41) is 3.43. The third-order valence-electron chi connectivity index (χ3n) is 3.43. The Bertz CT molecular complexity index is 408. The predicted octanol–water partition coefficient (Wildman–Crippen LogP) is 2.05. The second-order valence-corrected chi connectivity index (χ2v) is 5.00. The van der Waals surface area contributed by atoms with Crippen LogP contribution < -0.4 is 5.32 Å². The number of nitrogens with one attached hydrogen (secondary N) is 1. The highest BCUT2D eigenvalue weighted by Crippen LogP contribution is 2.14. The number of carbonyl (C=O) groups excluding carboxylic acids is 1. The van der Waals surface area contributed by atoms with Gasteiger partial charge in [0, 0.05) is 19.1 Å². The molecule has 104 valence electrons. The molecule has 1 heterocycles. The van der Waals surface area contributed by atoms with Gasteiger partial charge < -0.3 is 15.0 Å². The molecular weight excluding hydrogens is 240 g/mol. The Morgan fingerprint density at radius 1 is 1.42 bits per heavy atom. The Labute approximate surface area is 114 Å². The molecule has 2 rings (SSSR count). The van der Waals surface area contributed by atoms with Gasteiger partial charge in [0.25, 0.3) is 0 Å². The number of nitrogens with zero attached hydrogens (tertiary/aromatic N) is 1. The summed E-state index contributed by atoms with van der Waals surface area (Å²) < 4.78 is 5.16. The summed E-state index contributed by atoms with van der Waals surface area (Å²) in [6.07, 6.45) is 0.663. The number of rotatable bonds is 3. The first-order valence-electron chi connectivity index (χ1n) is 6.91. The molecule has 0 radical (unpaired) electrons. The van der Waals surface area contributed by atoms with Gasteiger partial charge in [-0.15, -0.1) is 0 Å². The second-order valence-electron chi connectivity index (χ2n) is 5.00. The van der Waals surface area contributed by atoms with Gasteiger partial charge in [-0.1, -0.05) is 30.3 Å². The third-order valence-corrected chi connectivity index (χ3v) is 3.43. The Morgan fingerprint density at radius 2 is 2.16 bits per heavy atom. The first-order valence-corrected chi connectivity index (χ1v) is 6.91. The zero-order valence-electron chi connectivity index (χ0n) is 11.6. The van der Waals surface area contributed by atoms with Crippen molar-refractivity contribution in [1.29, 1.82) is 0 Å². The van der Waals surface area contributed by atoms with E-state index < -0.39 is 0 Å². The molecule has 19 heavy (non-hydrogen) atoms. The van der Waals surface area contributed by atoms with E-state index in [2.05, 4.69) is 24.4 Å². The van der Waals surface area contributed by atoms with Crippen LogP contribution in [0.4, 0.5) is 4.79 Å². The van der Waals surface area contributed by atoms with Crippen molar-refractivity contribution in [3.8, 4) is 0 Å². The minimum absolute atomic E-state index is 0.164. The number of amides is 1. The lowest BCUT2D eigenvalue weighted by Crippen LogP contribution is -2.58. The maximum Gasteiger partial charge on any atom is 0.410 e. The molecule has 0 spiro atoms. The number of ether oxygens (including phenoxy) is 1. The highest BCUT2D eigenvalue weighted by Gasteiger charge is 2.30. The van der Waals surface area contributed by atoms with E-state index in [-0.39, 0.29) is 12.1 Å². The molecule has 0 aliphatic carbocycles. The van der Waals surface area contributed by atoms with Crippen LogP contribution in [0.5, 0.6) is 0 Å². The SMILES string of the molecule is CCOC(=O)N1CC(C)NCC1Cc1ccccc1. The van der Waals surface area contributed by atoms with Crippen LogP contribution in [0.3, 0.4) is 0 Å². The molecule has 4 heteroatoms.